The molecule has 0 aromatic heterocycles. The molecule has 0 aliphatic carbocycles. The zero-order valence-corrected chi connectivity index (χ0v) is 10.4. The Morgan fingerprint density at radius 3 is 2.53 bits per heavy atom. The van der Waals surface area contributed by atoms with Gasteiger partial charge in [-0.3, -0.25) is 0 Å². The number of hydrogen-bond acceptors (Lipinski definition) is 5. The van der Waals surface area contributed by atoms with Crippen molar-refractivity contribution >= 4 is 5.97 Å². The lowest BCUT2D eigenvalue weighted by Gasteiger charge is -2.13. The Kier molecular flexibility index (Phi) is 8.66. The van der Waals surface area contributed by atoms with E-state index in [0.717, 1.165) is 6.42 Å². The van der Waals surface area contributed by atoms with Crippen LogP contribution in [0.15, 0.2) is 11.6 Å². The van der Waals surface area contributed by atoms with Crippen molar-refractivity contribution in [1.29, 1.82) is 0 Å². The van der Waals surface area contributed by atoms with Gasteiger partial charge in [-0.25, -0.2) is 4.79 Å². The van der Waals surface area contributed by atoms with Gasteiger partial charge in [-0.15, -0.1) is 0 Å². The van der Waals surface area contributed by atoms with Gasteiger partial charge in [-0.1, -0.05) is 6.08 Å². The monoisotopic (exact) mass is 246 g/mol. The van der Waals surface area contributed by atoms with Gasteiger partial charge >= 0.3 is 5.97 Å². The molecule has 2 atom stereocenters. The SMILES string of the molecule is CC(=CCCCCO)C(=O)OCC(O)C(C)O. The molecule has 17 heavy (non-hydrogen) atoms. The van der Waals surface area contributed by atoms with E-state index in [4.69, 9.17) is 14.9 Å². The number of rotatable bonds is 8. The van der Waals surface area contributed by atoms with Crippen LogP contribution in [0, 0.1) is 0 Å². The van der Waals surface area contributed by atoms with E-state index in [1.807, 2.05) is 0 Å². The summed E-state index contributed by atoms with van der Waals surface area (Å²) in [4.78, 5) is 11.4. The maximum Gasteiger partial charge on any atom is 0.333 e. The second kappa shape index (κ2) is 9.15. The average molecular weight is 246 g/mol. The molecular formula is C12H22O5. The van der Waals surface area contributed by atoms with Gasteiger partial charge in [0.25, 0.3) is 0 Å². The van der Waals surface area contributed by atoms with Gasteiger partial charge in [0.05, 0.1) is 6.10 Å². The standard InChI is InChI=1S/C12H22O5/c1-9(6-4-3-5-7-13)12(16)17-8-11(15)10(2)14/h6,10-11,13-15H,3-5,7-8H2,1-2H3. The van der Waals surface area contributed by atoms with Gasteiger partial charge in [0.1, 0.15) is 12.7 Å². The fourth-order valence-corrected chi connectivity index (χ4v) is 1.07. The van der Waals surface area contributed by atoms with Crippen molar-refractivity contribution in [3.8, 4) is 0 Å². The molecule has 5 nitrogen and oxygen atoms in total. The number of aliphatic hydroxyl groups is 3. The Hall–Kier alpha value is -0.910. The minimum absolute atomic E-state index is 0.151. The van der Waals surface area contributed by atoms with Gasteiger partial charge in [0.15, 0.2) is 0 Å². The largest absolute Gasteiger partial charge is 0.459 e. The van der Waals surface area contributed by atoms with Crippen molar-refractivity contribution in [2.75, 3.05) is 13.2 Å². The molecule has 0 aliphatic heterocycles. The molecule has 0 aromatic rings. The maximum atomic E-state index is 11.4. The first-order valence-corrected chi connectivity index (χ1v) is 5.80. The van der Waals surface area contributed by atoms with Crippen molar-refractivity contribution < 1.29 is 24.9 Å². The minimum atomic E-state index is -1.05. The molecule has 5 heteroatoms. The van der Waals surface area contributed by atoms with Crippen molar-refractivity contribution in [1.82, 2.24) is 0 Å². The first-order chi connectivity index (χ1) is 7.99. The molecule has 100 valence electrons. The van der Waals surface area contributed by atoms with Crippen LogP contribution in [0.25, 0.3) is 0 Å². The highest BCUT2D eigenvalue weighted by atomic mass is 16.5. The van der Waals surface area contributed by atoms with Crippen molar-refractivity contribution in [2.24, 2.45) is 0 Å². The molecule has 0 rings (SSSR count). The number of hydrogen-bond donors (Lipinski definition) is 3. The second-order valence-corrected chi connectivity index (χ2v) is 4.01. The van der Waals surface area contributed by atoms with Crippen LogP contribution in [-0.2, 0) is 9.53 Å². The number of ether oxygens (including phenoxy) is 1. The van der Waals surface area contributed by atoms with Crippen LogP contribution >= 0.6 is 0 Å². The fourth-order valence-electron chi connectivity index (χ4n) is 1.07. The van der Waals surface area contributed by atoms with E-state index in [1.165, 1.54) is 6.92 Å². The molecule has 0 saturated carbocycles. The Bertz CT molecular complexity index is 247. The summed E-state index contributed by atoms with van der Waals surface area (Å²) in [5, 5.41) is 26.8. The van der Waals surface area contributed by atoms with Crippen LogP contribution in [0.4, 0.5) is 0 Å². The van der Waals surface area contributed by atoms with Crippen LogP contribution < -0.4 is 0 Å². The molecule has 0 aliphatic rings. The van der Waals surface area contributed by atoms with E-state index in [2.05, 4.69) is 0 Å². The molecule has 0 aromatic carbocycles. The lowest BCUT2D eigenvalue weighted by molar-refractivity contribution is -0.143. The smallest absolute Gasteiger partial charge is 0.333 e. The van der Waals surface area contributed by atoms with Crippen LogP contribution in [-0.4, -0.2) is 46.7 Å². The molecule has 0 amide bonds. The summed E-state index contributed by atoms with van der Waals surface area (Å²) < 4.78 is 4.82. The highest BCUT2D eigenvalue weighted by Crippen LogP contribution is 2.04. The van der Waals surface area contributed by atoms with Crippen LogP contribution in [0.3, 0.4) is 0 Å². The molecule has 0 saturated heterocycles. The Balaban J connectivity index is 3.88. The highest BCUT2D eigenvalue weighted by Gasteiger charge is 2.14. The summed E-state index contributed by atoms with van der Waals surface area (Å²) in [6.07, 6.45) is 2.00. The van der Waals surface area contributed by atoms with E-state index < -0.39 is 18.2 Å². The van der Waals surface area contributed by atoms with Gasteiger partial charge in [0.2, 0.25) is 0 Å². The molecule has 0 fully saturated rings. The van der Waals surface area contributed by atoms with Gasteiger partial charge < -0.3 is 20.1 Å². The van der Waals surface area contributed by atoms with E-state index >= 15 is 0 Å². The zero-order chi connectivity index (χ0) is 13.3. The van der Waals surface area contributed by atoms with Gasteiger partial charge in [-0.05, 0) is 33.1 Å². The minimum Gasteiger partial charge on any atom is -0.459 e. The highest BCUT2D eigenvalue weighted by molar-refractivity contribution is 5.87. The van der Waals surface area contributed by atoms with Gasteiger partial charge in [-0.2, -0.15) is 0 Å². The lowest BCUT2D eigenvalue weighted by atomic mass is 10.2. The van der Waals surface area contributed by atoms with E-state index in [9.17, 15) is 9.90 Å². The van der Waals surface area contributed by atoms with Crippen LogP contribution in [0.2, 0.25) is 0 Å². The fraction of sp³-hybridized carbons (Fsp3) is 0.750. The summed E-state index contributed by atoms with van der Waals surface area (Å²) in [7, 11) is 0. The number of aliphatic hydroxyl groups excluding tert-OH is 3. The van der Waals surface area contributed by atoms with E-state index in [1.54, 1.807) is 13.0 Å². The quantitative estimate of drug-likeness (QED) is 0.327. The predicted octanol–water partition coefficient (Wildman–Crippen LogP) is 0.380. The summed E-state index contributed by atoms with van der Waals surface area (Å²) >= 11 is 0. The normalized spacial score (nSPS) is 15.5. The number of unbranched alkanes of at least 4 members (excludes halogenated alkanes) is 2. The molecule has 0 spiro atoms. The van der Waals surface area contributed by atoms with E-state index in [0.29, 0.717) is 18.4 Å². The number of esters is 1. The molecule has 3 N–H and O–H groups in total. The molecule has 0 heterocycles. The number of carbonyl (C=O) groups is 1. The van der Waals surface area contributed by atoms with Crippen molar-refractivity contribution in [2.45, 2.75) is 45.3 Å². The Labute approximate surface area is 102 Å². The van der Waals surface area contributed by atoms with E-state index in [-0.39, 0.29) is 13.2 Å². The third-order valence-corrected chi connectivity index (χ3v) is 2.33. The summed E-state index contributed by atoms with van der Waals surface area (Å²) in [6, 6.07) is 0. The number of allylic oxidation sites excluding steroid dienone is 1. The zero-order valence-electron chi connectivity index (χ0n) is 10.4. The third kappa shape index (κ3) is 7.90. The first kappa shape index (κ1) is 16.1. The first-order valence-electron chi connectivity index (χ1n) is 5.80. The molecule has 0 radical (unpaired) electrons. The Morgan fingerprint density at radius 1 is 1.35 bits per heavy atom. The predicted molar refractivity (Wildman–Crippen MR) is 63.3 cm³/mol. The summed E-state index contributed by atoms with van der Waals surface area (Å²) in [5.74, 6) is -0.492. The van der Waals surface area contributed by atoms with Crippen LogP contribution in [0.5, 0.6) is 0 Å². The summed E-state index contributed by atoms with van der Waals surface area (Å²) in [5.41, 5.74) is 0.473. The van der Waals surface area contributed by atoms with Crippen molar-refractivity contribution in [3.63, 3.8) is 0 Å². The third-order valence-electron chi connectivity index (χ3n) is 2.33. The Morgan fingerprint density at radius 2 is 2.00 bits per heavy atom. The van der Waals surface area contributed by atoms with Gasteiger partial charge in [0, 0.05) is 12.2 Å². The molecule has 2 unspecified atom stereocenters. The van der Waals surface area contributed by atoms with Crippen LogP contribution in [0.1, 0.15) is 33.1 Å². The van der Waals surface area contributed by atoms with Crippen molar-refractivity contribution in [3.05, 3.63) is 11.6 Å². The maximum absolute atomic E-state index is 11.4. The lowest BCUT2D eigenvalue weighted by Crippen LogP contribution is -2.29. The second-order valence-electron chi connectivity index (χ2n) is 4.01. The average Bonchev–Trinajstić information content (AvgIpc) is 2.30. The summed E-state index contributed by atoms with van der Waals surface area (Å²) in [6.45, 7) is 3.00. The number of carbonyl (C=O) groups excluding carboxylic acids is 1. The molecular weight excluding hydrogens is 224 g/mol. The topological polar surface area (TPSA) is 87.0 Å². The molecule has 0 bridgehead atoms.